The molecule has 5 N–H and O–H groups in total. The number of nitrogens with one attached hydrogen (secondary N) is 1. The summed E-state index contributed by atoms with van der Waals surface area (Å²) in [6, 6.07) is 3.68. The van der Waals surface area contributed by atoms with Gasteiger partial charge in [-0.1, -0.05) is 6.92 Å². The number of nitrogens with two attached hydrogens (primary N) is 2. The van der Waals surface area contributed by atoms with Gasteiger partial charge in [-0.25, -0.2) is 4.98 Å². The molecule has 0 aliphatic carbocycles. The number of aromatic nitrogens is 1. The molecule has 1 rings (SSSR count). The summed E-state index contributed by atoms with van der Waals surface area (Å²) in [6.07, 6.45) is 1.72. The van der Waals surface area contributed by atoms with Crippen LogP contribution in [-0.4, -0.2) is 18.1 Å². The van der Waals surface area contributed by atoms with Crippen molar-refractivity contribution in [3.05, 3.63) is 18.3 Å². The van der Waals surface area contributed by atoms with Gasteiger partial charge in [-0.15, -0.1) is 0 Å². The predicted octanol–water partition coefficient (Wildman–Crippen LogP) is 0.670. The molecule has 72 valence electrons. The van der Waals surface area contributed by atoms with Gasteiger partial charge < -0.3 is 16.8 Å². The fourth-order valence-electron chi connectivity index (χ4n) is 0.885. The van der Waals surface area contributed by atoms with Gasteiger partial charge in [0.15, 0.2) is 0 Å². The van der Waals surface area contributed by atoms with Crippen LogP contribution in [0.5, 0.6) is 0 Å². The molecular formula is C9H16N4. The zero-order valence-electron chi connectivity index (χ0n) is 7.83. The van der Waals surface area contributed by atoms with E-state index in [0.29, 0.717) is 18.3 Å². The molecular weight excluding hydrogens is 164 g/mol. The van der Waals surface area contributed by atoms with Gasteiger partial charge in [0, 0.05) is 6.54 Å². The minimum absolute atomic E-state index is 0.470. The molecule has 1 atom stereocenters. The smallest absolute Gasteiger partial charge is 0.123 e. The third-order valence-electron chi connectivity index (χ3n) is 1.84. The number of nitrogen functional groups attached to an aromatic ring is 1. The minimum atomic E-state index is 0.470. The minimum Gasteiger partial charge on any atom is -0.384 e. The highest BCUT2D eigenvalue weighted by Gasteiger charge is 1.98. The molecule has 0 radical (unpaired) electrons. The van der Waals surface area contributed by atoms with Crippen LogP contribution in [0.1, 0.15) is 6.92 Å². The van der Waals surface area contributed by atoms with E-state index in [4.69, 9.17) is 11.5 Å². The predicted molar refractivity (Wildman–Crippen MR) is 55.4 cm³/mol. The topological polar surface area (TPSA) is 77.0 Å². The molecule has 0 aliphatic heterocycles. The second-order valence-electron chi connectivity index (χ2n) is 3.19. The van der Waals surface area contributed by atoms with E-state index < -0.39 is 0 Å². The molecule has 0 aromatic carbocycles. The van der Waals surface area contributed by atoms with Crippen LogP contribution in [0.3, 0.4) is 0 Å². The third kappa shape index (κ3) is 3.29. The molecule has 0 aliphatic rings. The van der Waals surface area contributed by atoms with Gasteiger partial charge in [-0.2, -0.15) is 0 Å². The average molecular weight is 180 g/mol. The number of nitrogens with zero attached hydrogens (tertiary/aromatic N) is 1. The largest absolute Gasteiger partial charge is 0.384 e. The highest BCUT2D eigenvalue weighted by molar-refractivity contribution is 5.45. The second-order valence-corrected chi connectivity index (χ2v) is 3.19. The van der Waals surface area contributed by atoms with E-state index in [9.17, 15) is 0 Å². The normalized spacial score (nSPS) is 12.5. The van der Waals surface area contributed by atoms with Crippen molar-refractivity contribution in [2.45, 2.75) is 6.92 Å². The molecule has 0 fully saturated rings. The summed E-state index contributed by atoms with van der Waals surface area (Å²) >= 11 is 0. The summed E-state index contributed by atoms with van der Waals surface area (Å²) in [6.45, 7) is 3.65. The first-order valence-electron chi connectivity index (χ1n) is 4.38. The zero-order valence-corrected chi connectivity index (χ0v) is 7.83. The Bertz CT molecular complexity index is 244. The summed E-state index contributed by atoms with van der Waals surface area (Å²) in [5, 5.41) is 3.22. The lowest BCUT2D eigenvalue weighted by Gasteiger charge is -2.10. The van der Waals surface area contributed by atoms with Crippen molar-refractivity contribution >= 4 is 11.5 Å². The van der Waals surface area contributed by atoms with Crippen LogP contribution in [0.4, 0.5) is 11.5 Å². The number of hydrogen-bond donors (Lipinski definition) is 3. The molecule has 0 saturated heterocycles. The Balaban J connectivity index is 2.41. The van der Waals surface area contributed by atoms with Crippen molar-refractivity contribution in [1.82, 2.24) is 4.98 Å². The van der Waals surface area contributed by atoms with Crippen molar-refractivity contribution in [1.29, 1.82) is 0 Å². The number of pyridine rings is 1. The fraction of sp³-hybridized carbons (Fsp3) is 0.444. The van der Waals surface area contributed by atoms with E-state index in [1.54, 1.807) is 12.3 Å². The summed E-state index contributed by atoms with van der Waals surface area (Å²) in [4.78, 5) is 3.97. The van der Waals surface area contributed by atoms with E-state index >= 15 is 0 Å². The van der Waals surface area contributed by atoms with Crippen LogP contribution >= 0.6 is 0 Å². The molecule has 1 aromatic rings. The van der Waals surface area contributed by atoms with Crippen LogP contribution in [0.2, 0.25) is 0 Å². The first-order chi connectivity index (χ1) is 6.22. The molecule has 0 saturated carbocycles. The Morgan fingerprint density at radius 1 is 1.54 bits per heavy atom. The maximum Gasteiger partial charge on any atom is 0.123 e. The Morgan fingerprint density at radius 2 is 2.31 bits per heavy atom. The van der Waals surface area contributed by atoms with Crippen molar-refractivity contribution in [3.8, 4) is 0 Å². The fourth-order valence-corrected chi connectivity index (χ4v) is 0.885. The molecule has 0 amide bonds. The number of rotatable bonds is 4. The van der Waals surface area contributed by atoms with Crippen LogP contribution < -0.4 is 16.8 Å². The van der Waals surface area contributed by atoms with Crippen molar-refractivity contribution in [3.63, 3.8) is 0 Å². The lowest BCUT2D eigenvalue weighted by Crippen LogP contribution is -2.19. The van der Waals surface area contributed by atoms with Crippen molar-refractivity contribution in [2.75, 3.05) is 24.1 Å². The average Bonchev–Trinajstić information content (AvgIpc) is 2.16. The molecule has 1 unspecified atom stereocenters. The Hall–Kier alpha value is -1.29. The quantitative estimate of drug-likeness (QED) is 0.636. The Labute approximate surface area is 78.3 Å². The molecule has 0 spiro atoms. The van der Waals surface area contributed by atoms with Gasteiger partial charge in [0.2, 0.25) is 0 Å². The van der Waals surface area contributed by atoms with E-state index in [-0.39, 0.29) is 0 Å². The lowest BCUT2D eigenvalue weighted by atomic mass is 10.2. The summed E-state index contributed by atoms with van der Waals surface area (Å²) in [5.41, 5.74) is 11.9. The molecule has 0 bridgehead atoms. The maximum atomic E-state index is 5.48. The van der Waals surface area contributed by atoms with Crippen LogP contribution in [0.15, 0.2) is 18.3 Å². The van der Waals surface area contributed by atoms with E-state index in [1.807, 2.05) is 6.07 Å². The molecule has 4 heteroatoms. The van der Waals surface area contributed by atoms with E-state index in [2.05, 4.69) is 17.2 Å². The van der Waals surface area contributed by atoms with E-state index in [0.717, 1.165) is 12.2 Å². The lowest BCUT2D eigenvalue weighted by molar-refractivity contribution is 0.628. The monoisotopic (exact) mass is 180 g/mol. The SMILES string of the molecule is CC(CN)CNc1ccc(N)nc1. The van der Waals surface area contributed by atoms with Crippen LogP contribution in [0.25, 0.3) is 0 Å². The van der Waals surface area contributed by atoms with Crippen molar-refractivity contribution in [2.24, 2.45) is 11.7 Å². The van der Waals surface area contributed by atoms with Gasteiger partial charge in [0.25, 0.3) is 0 Å². The summed E-state index contributed by atoms with van der Waals surface area (Å²) < 4.78 is 0. The standard InChI is InChI=1S/C9H16N4/c1-7(4-10)5-12-8-2-3-9(11)13-6-8/h2-3,6-7,12H,4-5,10H2,1H3,(H2,11,13). The number of hydrogen-bond acceptors (Lipinski definition) is 4. The number of anilines is 2. The van der Waals surface area contributed by atoms with Crippen molar-refractivity contribution < 1.29 is 0 Å². The van der Waals surface area contributed by atoms with Crippen LogP contribution in [-0.2, 0) is 0 Å². The maximum absolute atomic E-state index is 5.48. The Morgan fingerprint density at radius 3 is 2.85 bits per heavy atom. The third-order valence-corrected chi connectivity index (χ3v) is 1.84. The van der Waals surface area contributed by atoms with Gasteiger partial charge in [0.05, 0.1) is 11.9 Å². The molecule has 1 aromatic heterocycles. The van der Waals surface area contributed by atoms with Gasteiger partial charge in [-0.3, -0.25) is 0 Å². The summed E-state index contributed by atoms with van der Waals surface area (Å²) in [5.74, 6) is 1.01. The molecule has 4 nitrogen and oxygen atoms in total. The molecule has 1 heterocycles. The first-order valence-corrected chi connectivity index (χ1v) is 4.38. The van der Waals surface area contributed by atoms with Gasteiger partial charge in [-0.05, 0) is 24.6 Å². The first kappa shape index (κ1) is 9.80. The van der Waals surface area contributed by atoms with Crippen LogP contribution in [0, 0.1) is 5.92 Å². The highest BCUT2D eigenvalue weighted by atomic mass is 14.9. The highest BCUT2D eigenvalue weighted by Crippen LogP contribution is 2.07. The molecule has 13 heavy (non-hydrogen) atoms. The second kappa shape index (κ2) is 4.67. The summed E-state index contributed by atoms with van der Waals surface area (Å²) in [7, 11) is 0. The van der Waals surface area contributed by atoms with Gasteiger partial charge >= 0.3 is 0 Å². The van der Waals surface area contributed by atoms with E-state index in [1.165, 1.54) is 0 Å². The Kier molecular flexibility index (Phi) is 3.52. The zero-order chi connectivity index (χ0) is 9.68. The van der Waals surface area contributed by atoms with Gasteiger partial charge in [0.1, 0.15) is 5.82 Å².